The third-order valence-electron chi connectivity index (χ3n) is 5.95. The molecule has 3 heterocycles. The average Bonchev–Trinajstić information content (AvgIpc) is 3.45. The Morgan fingerprint density at radius 2 is 1.94 bits per heavy atom. The molecule has 9 nitrogen and oxygen atoms in total. The number of nitrogens with one attached hydrogen (secondary N) is 1. The van der Waals surface area contributed by atoms with Crippen LogP contribution in [-0.2, 0) is 4.74 Å². The molecule has 2 aromatic heterocycles. The SMILES string of the molecule is CN(C)c1ccc(/C=N\n2c(N)c(C(=O)NC[C@H]3CCCO3)c3nc4ccccc4nc32)cc1. The first-order valence-corrected chi connectivity index (χ1v) is 11.3. The van der Waals surface area contributed by atoms with Gasteiger partial charge in [0.05, 0.1) is 23.4 Å². The molecule has 0 radical (unpaired) electrons. The van der Waals surface area contributed by atoms with Crippen LogP contribution in [0.5, 0.6) is 0 Å². The predicted octanol–water partition coefficient (Wildman–Crippen LogP) is 3.02. The zero-order valence-electron chi connectivity index (χ0n) is 19.2. The minimum Gasteiger partial charge on any atom is -0.383 e. The van der Waals surface area contributed by atoms with E-state index in [9.17, 15) is 4.79 Å². The molecule has 4 aromatic rings. The summed E-state index contributed by atoms with van der Waals surface area (Å²) < 4.78 is 7.11. The van der Waals surface area contributed by atoms with E-state index in [1.54, 1.807) is 6.21 Å². The minimum atomic E-state index is -0.313. The van der Waals surface area contributed by atoms with Gasteiger partial charge in [-0.2, -0.15) is 9.78 Å². The molecule has 0 aliphatic carbocycles. The maximum absolute atomic E-state index is 13.2. The second-order valence-electron chi connectivity index (χ2n) is 8.53. The standard InChI is InChI=1S/C25H27N7O2/c1-31(2)17-11-9-16(10-12-17)14-28-32-23(26)21(25(33)27-15-18-6-5-13-34-18)22-24(32)30-20-8-4-3-7-19(20)29-22/h3-4,7-12,14,18H,5-6,13,15,26H2,1-2H3,(H,27,33)/b28-14-/t18-/m1/s1. The Hall–Kier alpha value is -3.98. The first-order chi connectivity index (χ1) is 16.5. The number of benzene rings is 2. The summed E-state index contributed by atoms with van der Waals surface area (Å²) in [5, 5.41) is 7.52. The molecule has 9 heteroatoms. The van der Waals surface area contributed by atoms with Crippen LogP contribution in [0.2, 0.25) is 0 Å². The number of ether oxygens (including phenoxy) is 1. The lowest BCUT2D eigenvalue weighted by Crippen LogP contribution is -2.32. The van der Waals surface area contributed by atoms with Crippen LogP contribution >= 0.6 is 0 Å². The molecular formula is C25H27N7O2. The molecule has 0 bridgehead atoms. The van der Waals surface area contributed by atoms with Crippen molar-refractivity contribution in [1.29, 1.82) is 0 Å². The van der Waals surface area contributed by atoms with Gasteiger partial charge in [-0.15, -0.1) is 0 Å². The van der Waals surface area contributed by atoms with Crippen LogP contribution in [-0.4, -0.2) is 60.1 Å². The number of fused-ring (bicyclic) bond motifs is 2. The van der Waals surface area contributed by atoms with Gasteiger partial charge in [-0.05, 0) is 42.7 Å². The third kappa shape index (κ3) is 4.17. The molecule has 34 heavy (non-hydrogen) atoms. The Labute approximate surface area is 197 Å². The highest BCUT2D eigenvalue weighted by Crippen LogP contribution is 2.28. The van der Waals surface area contributed by atoms with E-state index >= 15 is 0 Å². The molecule has 174 valence electrons. The third-order valence-corrected chi connectivity index (χ3v) is 5.95. The molecule has 3 N–H and O–H groups in total. The Bertz CT molecular complexity index is 1370. The average molecular weight is 458 g/mol. The molecule has 0 unspecified atom stereocenters. The van der Waals surface area contributed by atoms with Gasteiger partial charge in [0.1, 0.15) is 16.9 Å². The van der Waals surface area contributed by atoms with E-state index in [4.69, 9.17) is 20.4 Å². The highest BCUT2D eigenvalue weighted by atomic mass is 16.5. The molecule has 1 amide bonds. The number of nitrogens with two attached hydrogens (primary N) is 1. The number of hydrogen-bond donors (Lipinski definition) is 2. The number of nitrogens with zero attached hydrogens (tertiary/aromatic N) is 5. The molecule has 1 aliphatic heterocycles. The molecular weight excluding hydrogens is 430 g/mol. The number of carbonyl (C=O) groups is 1. The van der Waals surface area contributed by atoms with Crippen molar-refractivity contribution in [3.63, 3.8) is 0 Å². The van der Waals surface area contributed by atoms with Crippen LogP contribution in [0.4, 0.5) is 11.5 Å². The van der Waals surface area contributed by atoms with Crippen LogP contribution in [0.1, 0.15) is 28.8 Å². The number of carbonyl (C=O) groups excluding carboxylic acids is 1. The van der Waals surface area contributed by atoms with Gasteiger partial charge in [-0.1, -0.05) is 24.3 Å². The van der Waals surface area contributed by atoms with E-state index in [1.807, 2.05) is 67.5 Å². The quantitative estimate of drug-likeness (QED) is 0.431. The highest BCUT2D eigenvalue weighted by Gasteiger charge is 2.25. The van der Waals surface area contributed by atoms with E-state index in [0.29, 0.717) is 28.7 Å². The molecule has 1 saturated heterocycles. The largest absolute Gasteiger partial charge is 0.383 e. The van der Waals surface area contributed by atoms with E-state index in [0.717, 1.165) is 30.7 Å². The zero-order chi connectivity index (χ0) is 23.7. The predicted molar refractivity (Wildman–Crippen MR) is 135 cm³/mol. The van der Waals surface area contributed by atoms with Gasteiger partial charge in [-0.3, -0.25) is 4.79 Å². The lowest BCUT2D eigenvalue weighted by atomic mass is 10.2. The summed E-state index contributed by atoms with van der Waals surface area (Å²) in [5.74, 6) is -0.122. The van der Waals surface area contributed by atoms with Crippen LogP contribution < -0.4 is 16.0 Å². The number of para-hydroxylation sites is 2. The topological polar surface area (TPSA) is 111 Å². The van der Waals surface area contributed by atoms with Crippen molar-refractivity contribution in [3.8, 4) is 0 Å². The lowest BCUT2D eigenvalue weighted by molar-refractivity contribution is 0.0859. The summed E-state index contributed by atoms with van der Waals surface area (Å²) >= 11 is 0. The van der Waals surface area contributed by atoms with Crippen LogP contribution in [0, 0.1) is 0 Å². The van der Waals surface area contributed by atoms with Gasteiger partial charge in [0.2, 0.25) is 0 Å². The first kappa shape index (κ1) is 21.8. The summed E-state index contributed by atoms with van der Waals surface area (Å²) in [6.07, 6.45) is 3.65. The first-order valence-electron chi connectivity index (χ1n) is 11.3. The minimum absolute atomic E-state index is 0.0218. The molecule has 2 aromatic carbocycles. The summed E-state index contributed by atoms with van der Waals surface area (Å²) in [6, 6.07) is 15.5. The summed E-state index contributed by atoms with van der Waals surface area (Å²) in [7, 11) is 3.98. The van der Waals surface area contributed by atoms with E-state index in [-0.39, 0.29) is 23.4 Å². The van der Waals surface area contributed by atoms with Crippen molar-refractivity contribution in [2.45, 2.75) is 18.9 Å². The Morgan fingerprint density at radius 3 is 2.62 bits per heavy atom. The van der Waals surface area contributed by atoms with Crippen LogP contribution in [0.3, 0.4) is 0 Å². The normalized spacial score (nSPS) is 16.0. The second kappa shape index (κ2) is 9.11. The van der Waals surface area contributed by atoms with Crippen molar-refractivity contribution >= 4 is 45.8 Å². The van der Waals surface area contributed by atoms with E-state index in [1.165, 1.54) is 4.68 Å². The number of hydrogen-bond acceptors (Lipinski definition) is 7. The molecule has 0 saturated carbocycles. The van der Waals surface area contributed by atoms with E-state index < -0.39 is 0 Å². The molecule has 1 atom stereocenters. The summed E-state index contributed by atoms with van der Waals surface area (Å²) in [6.45, 7) is 1.15. The van der Waals surface area contributed by atoms with Gasteiger partial charge < -0.3 is 20.7 Å². The smallest absolute Gasteiger partial charge is 0.257 e. The van der Waals surface area contributed by atoms with Crippen molar-refractivity contribution in [2.75, 3.05) is 37.9 Å². The Balaban J connectivity index is 1.55. The van der Waals surface area contributed by atoms with Gasteiger partial charge in [0.25, 0.3) is 5.91 Å². The van der Waals surface area contributed by atoms with Gasteiger partial charge in [0.15, 0.2) is 5.65 Å². The summed E-state index contributed by atoms with van der Waals surface area (Å²) in [4.78, 5) is 24.6. The molecule has 0 spiro atoms. The zero-order valence-corrected chi connectivity index (χ0v) is 19.2. The van der Waals surface area contributed by atoms with Gasteiger partial charge in [0, 0.05) is 32.9 Å². The number of rotatable bonds is 6. The maximum Gasteiger partial charge on any atom is 0.257 e. The van der Waals surface area contributed by atoms with Crippen molar-refractivity contribution in [2.24, 2.45) is 5.10 Å². The Morgan fingerprint density at radius 1 is 1.21 bits per heavy atom. The maximum atomic E-state index is 13.2. The number of aromatic nitrogens is 3. The fourth-order valence-corrected chi connectivity index (χ4v) is 4.07. The molecule has 1 fully saturated rings. The van der Waals surface area contributed by atoms with Crippen LogP contribution in [0.15, 0.2) is 53.6 Å². The van der Waals surface area contributed by atoms with Crippen LogP contribution in [0.25, 0.3) is 22.2 Å². The fraction of sp³-hybridized carbons (Fsp3) is 0.280. The number of amides is 1. The highest BCUT2D eigenvalue weighted by molar-refractivity contribution is 6.10. The lowest BCUT2D eigenvalue weighted by Gasteiger charge is -2.11. The number of anilines is 2. The van der Waals surface area contributed by atoms with Crippen molar-refractivity contribution < 1.29 is 9.53 Å². The fourth-order valence-electron chi connectivity index (χ4n) is 4.07. The summed E-state index contributed by atoms with van der Waals surface area (Å²) in [5.41, 5.74) is 10.9. The Kier molecular flexibility index (Phi) is 5.85. The molecule has 5 rings (SSSR count). The van der Waals surface area contributed by atoms with Gasteiger partial charge >= 0.3 is 0 Å². The van der Waals surface area contributed by atoms with E-state index in [2.05, 4.69) is 10.4 Å². The van der Waals surface area contributed by atoms with Gasteiger partial charge in [-0.25, -0.2) is 9.97 Å². The second-order valence-corrected chi connectivity index (χ2v) is 8.53. The molecule has 1 aliphatic rings. The van der Waals surface area contributed by atoms with Crippen molar-refractivity contribution in [1.82, 2.24) is 20.0 Å². The van der Waals surface area contributed by atoms with Crippen molar-refractivity contribution in [3.05, 3.63) is 59.7 Å². The number of nitrogen functional groups attached to an aromatic ring is 1. The monoisotopic (exact) mass is 457 g/mol.